The highest BCUT2D eigenvalue weighted by Gasteiger charge is 2.08. The quantitative estimate of drug-likeness (QED) is 0.660. The van der Waals surface area contributed by atoms with Crippen molar-refractivity contribution in [1.82, 2.24) is 9.97 Å². The second-order valence-electron chi connectivity index (χ2n) is 4.52. The molecule has 0 fully saturated rings. The summed E-state index contributed by atoms with van der Waals surface area (Å²) >= 11 is 0. The lowest BCUT2D eigenvalue weighted by Gasteiger charge is -2.16. The molecule has 1 aromatic heterocycles. The molecule has 1 rings (SSSR count). The summed E-state index contributed by atoms with van der Waals surface area (Å²) in [6, 6.07) is 1.93. The second kappa shape index (κ2) is 7.87. The van der Waals surface area contributed by atoms with Crippen molar-refractivity contribution in [2.24, 2.45) is 5.92 Å². The molecule has 0 aliphatic heterocycles. The van der Waals surface area contributed by atoms with Gasteiger partial charge < -0.3 is 15.7 Å². The average Bonchev–Trinajstić information content (AvgIpc) is 2.36. The van der Waals surface area contributed by atoms with Crippen LogP contribution in [0.15, 0.2) is 6.07 Å². The van der Waals surface area contributed by atoms with Crippen LogP contribution in [0.1, 0.15) is 31.9 Å². The fourth-order valence-electron chi connectivity index (χ4n) is 1.96. The van der Waals surface area contributed by atoms with Gasteiger partial charge in [0.15, 0.2) is 0 Å². The van der Waals surface area contributed by atoms with Gasteiger partial charge in [0.05, 0.1) is 0 Å². The molecule has 0 radical (unpaired) electrons. The standard InChI is InChI=1S/C13H24N4O/c1-4-5-11(6-7-18)9-15-12-8-10(2)16-13(14-3)17-12/h8,11,18H,4-7,9H2,1-3H3,(H2,14,15,16,17). The van der Waals surface area contributed by atoms with Gasteiger partial charge in [-0.3, -0.25) is 0 Å². The van der Waals surface area contributed by atoms with Gasteiger partial charge >= 0.3 is 0 Å². The normalized spacial score (nSPS) is 12.2. The van der Waals surface area contributed by atoms with E-state index >= 15 is 0 Å². The topological polar surface area (TPSA) is 70.1 Å². The van der Waals surface area contributed by atoms with Crippen molar-refractivity contribution in [3.05, 3.63) is 11.8 Å². The summed E-state index contributed by atoms with van der Waals surface area (Å²) in [6.07, 6.45) is 3.09. The van der Waals surface area contributed by atoms with Gasteiger partial charge in [-0.2, -0.15) is 4.98 Å². The Morgan fingerprint density at radius 3 is 2.72 bits per heavy atom. The Morgan fingerprint density at radius 2 is 2.11 bits per heavy atom. The van der Waals surface area contributed by atoms with E-state index in [1.54, 1.807) is 0 Å². The highest BCUT2D eigenvalue weighted by molar-refractivity contribution is 5.41. The number of aryl methyl sites for hydroxylation is 1. The van der Waals surface area contributed by atoms with Crippen LogP contribution in [0.2, 0.25) is 0 Å². The van der Waals surface area contributed by atoms with Crippen molar-refractivity contribution in [2.75, 3.05) is 30.8 Å². The molecule has 0 bridgehead atoms. The molecule has 0 aliphatic carbocycles. The Hall–Kier alpha value is -1.36. The molecule has 1 aromatic rings. The minimum absolute atomic E-state index is 0.247. The Morgan fingerprint density at radius 1 is 1.33 bits per heavy atom. The summed E-state index contributed by atoms with van der Waals surface area (Å²) in [7, 11) is 1.81. The second-order valence-corrected chi connectivity index (χ2v) is 4.52. The van der Waals surface area contributed by atoms with E-state index in [-0.39, 0.29) is 6.61 Å². The van der Waals surface area contributed by atoms with Crippen LogP contribution in [0.25, 0.3) is 0 Å². The predicted octanol–water partition coefficient (Wildman–Crippen LogP) is 2.04. The summed E-state index contributed by atoms with van der Waals surface area (Å²) in [6.45, 7) is 5.20. The van der Waals surface area contributed by atoms with Gasteiger partial charge in [-0.15, -0.1) is 0 Å². The molecule has 0 saturated carbocycles. The monoisotopic (exact) mass is 252 g/mol. The van der Waals surface area contributed by atoms with Crippen molar-refractivity contribution < 1.29 is 5.11 Å². The van der Waals surface area contributed by atoms with Crippen LogP contribution in [0.4, 0.5) is 11.8 Å². The van der Waals surface area contributed by atoms with Gasteiger partial charge in [-0.1, -0.05) is 13.3 Å². The molecule has 0 saturated heterocycles. The van der Waals surface area contributed by atoms with E-state index in [0.29, 0.717) is 11.9 Å². The molecule has 102 valence electrons. The molecule has 0 aliphatic rings. The molecule has 1 unspecified atom stereocenters. The Balaban J connectivity index is 2.57. The maximum absolute atomic E-state index is 9.02. The molecule has 3 N–H and O–H groups in total. The fraction of sp³-hybridized carbons (Fsp3) is 0.692. The molecule has 1 heterocycles. The van der Waals surface area contributed by atoms with Crippen LogP contribution >= 0.6 is 0 Å². The largest absolute Gasteiger partial charge is 0.396 e. The van der Waals surface area contributed by atoms with Crippen LogP contribution in [0.5, 0.6) is 0 Å². The number of aromatic nitrogens is 2. The highest BCUT2D eigenvalue weighted by Crippen LogP contribution is 2.14. The van der Waals surface area contributed by atoms with Gasteiger partial charge in [-0.05, 0) is 25.7 Å². The molecule has 1 atom stereocenters. The Kier molecular flexibility index (Phi) is 6.43. The molecule has 5 heteroatoms. The van der Waals surface area contributed by atoms with E-state index in [2.05, 4.69) is 27.5 Å². The van der Waals surface area contributed by atoms with E-state index < -0.39 is 0 Å². The smallest absolute Gasteiger partial charge is 0.224 e. The molecular weight excluding hydrogens is 228 g/mol. The number of hydrogen-bond acceptors (Lipinski definition) is 5. The molecule has 0 amide bonds. The summed E-state index contributed by atoms with van der Waals surface area (Å²) in [5, 5.41) is 15.3. The average molecular weight is 252 g/mol. The van der Waals surface area contributed by atoms with Crippen molar-refractivity contribution >= 4 is 11.8 Å². The first kappa shape index (κ1) is 14.7. The third kappa shape index (κ3) is 4.87. The van der Waals surface area contributed by atoms with Crippen LogP contribution in [-0.2, 0) is 0 Å². The fourth-order valence-corrected chi connectivity index (χ4v) is 1.96. The predicted molar refractivity (Wildman–Crippen MR) is 74.9 cm³/mol. The Bertz CT molecular complexity index is 351. The first-order chi connectivity index (χ1) is 8.69. The first-order valence-corrected chi connectivity index (χ1v) is 6.57. The Labute approximate surface area is 109 Å². The molecular formula is C13H24N4O. The number of nitrogens with one attached hydrogen (secondary N) is 2. The highest BCUT2D eigenvalue weighted by atomic mass is 16.3. The zero-order valence-corrected chi connectivity index (χ0v) is 11.5. The number of aliphatic hydroxyl groups excluding tert-OH is 1. The van der Waals surface area contributed by atoms with Crippen molar-refractivity contribution in [2.45, 2.75) is 33.1 Å². The van der Waals surface area contributed by atoms with Crippen molar-refractivity contribution in [3.8, 4) is 0 Å². The minimum Gasteiger partial charge on any atom is -0.396 e. The molecule has 18 heavy (non-hydrogen) atoms. The summed E-state index contributed by atoms with van der Waals surface area (Å²) in [5.41, 5.74) is 0.936. The van der Waals surface area contributed by atoms with Crippen molar-refractivity contribution in [3.63, 3.8) is 0 Å². The lowest BCUT2D eigenvalue weighted by Crippen LogP contribution is -2.17. The van der Waals surface area contributed by atoms with Gasteiger partial charge in [0.1, 0.15) is 5.82 Å². The lowest BCUT2D eigenvalue weighted by molar-refractivity contribution is 0.255. The maximum atomic E-state index is 9.02. The van der Waals surface area contributed by atoms with Crippen LogP contribution in [-0.4, -0.2) is 35.3 Å². The number of anilines is 2. The van der Waals surface area contributed by atoms with E-state index in [1.807, 2.05) is 20.0 Å². The summed E-state index contributed by atoms with van der Waals surface area (Å²) in [4.78, 5) is 8.60. The van der Waals surface area contributed by atoms with Gasteiger partial charge in [0.2, 0.25) is 5.95 Å². The molecule has 0 aromatic carbocycles. The zero-order chi connectivity index (χ0) is 13.4. The lowest BCUT2D eigenvalue weighted by atomic mass is 10.0. The van der Waals surface area contributed by atoms with E-state index in [4.69, 9.17) is 5.11 Å². The minimum atomic E-state index is 0.247. The zero-order valence-electron chi connectivity index (χ0n) is 11.5. The first-order valence-electron chi connectivity index (χ1n) is 6.57. The molecule has 5 nitrogen and oxygen atoms in total. The van der Waals surface area contributed by atoms with Crippen molar-refractivity contribution in [1.29, 1.82) is 0 Å². The summed E-state index contributed by atoms with van der Waals surface area (Å²) in [5.74, 6) is 1.96. The maximum Gasteiger partial charge on any atom is 0.224 e. The SMILES string of the molecule is CCCC(CCO)CNc1cc(C)nc(NC)n1. The third-order valence-electron chi connectivity index (χ3n) is 2.88. The number of nitrogens with zero attached hydrogens (tertiary/aromatic N) is 2. The number of aliphatic hydroxyl groups is 1. The third-order valence-corrected chi connectivity index (χ3v) is 2.88. The number of hydrogen-bond donors (Lipinski definition) is 3. The van der Waals surface area contributed by atoms with Gasteiger partial charge in [0, 0.05) is 32.0 Å². The van der Waals surface area contributed by atoms with E-state index in [9.17, 15) is 0 Å². The number of rotatable bonds is 8. The van der Waals surface area contributed by atoms with Crippen LogP contribution in [0, 0.1) is 12.8 Å². The van der Waals surface area contributed by atoms with Gasteiger partial charge in [0.25, 0.3) is 0 Å². The van der Waals surface area contributed by atoms with Gasteiger partial charge in [-0.25, -0.2) is 4.98 Å². The molecule has 0 spiro atoms. The van der Waals surface area contributed by atoms with E-state index in [0.717, 1.165) is 37.3 Å². The van der Waals surface area contributed by atoms with E-state index in [1.165, 1.54) is 0 Å². The summed E-state index contributed by atoms with van der Waals surface area (Å²) < 4.78 is 0. The van der Waals surface area contributed by atoms with Crippen LogP contribution < -0.4 is 10.6 Å². The van der Waals surface area contributed by atoms with Crippen LogP contribution in [0.3, 0.4) is 0 Å².